The van der Waals surface area contributed by atoms with E-state index in [1.807, 2.05) is 12.1 Å². The highest BCUT2D eigenvalue weighted by Gasteiger charge is 2.01. The molecule has 0 fully saturated rings. The van der Waals surface area contributed by atoms with E-state index in [0.29, 0.717) is 11.6 Å². The normalized spacial score (nSPS) is 10.0. The number of hydrogen-bond donors (Lipinski definition) is 1. The molecule has 0 spiro atoms. The van der Waals surface area contributed by atoms with Crippen LogP contribution in [0.15, 0.2) is 28.7 Å². The van der Waals surface area contributed by atoms with Crippen molar-refractivity contribution >= 4 is 5.69 Å². The summed E-state index contributed by atoms with van der Waals surface area (Å²) in [6, 6.07) is 7.19. The molecule has 0 saturated heterocycles. The summed E-state index contributed by atoms with van der Waals surface area (Å²) in [5, 5.41) is 7.15. The Labute approximate surface area is 69.0 Å². The van der Waals surface area contributed by atoms with Crippen LogP contribution in [0.25, 0.3) is 11.5 Å². The van der Waals surface area contributed by atoms with Gasteiger partial charge in [-0.2, -0.15) is 0 Å². The van der Waals surface area contributed by atoms with Crippen LogP contribution in [-0.2, 0) is 0 Å². The summed E-state index contributed by atoms with van der Waals surface area (Å²) >= 11 is 0. The molecule has 2 N–H and O–H groups in total. The van der Waals surface area contributed by atoms with Gasteiger partial charge in [-0.05, 0) is 24.3 Å². The highest BCUT2D eigenvalue weighted by molar-refractivity contribution is 5.56. The quantitative estimate of drug-likeness (QED) is 0.635. The lowest BCUT2D eigenvalue weighted by atomic mass is 10.2. The van der Waals surface area contributed by atoms with Crippen LogP contribution in [0.1, 0.15) is 0 Å². The summed E-state index contributed by atoms with van der Waals surface area (Å²) in [5.74, 6) is 0.454. The Balaban J connectivity index is 2.43. The number of nitrogens with two attached hydrogens (primary N) is 1. The molecule has 4 nitrogen and oxygen atoms in total. The standard InChI is InChI=1S/C8H6N3O/c9-7-3-1-6(2-4-7)8-11-10-5-12-8/h1-4H,9H2. The summed E-state index contributed by atoms with van der Waals surface area (Å²) in [6.45, 7) is 0. The van der Waals surface area contributed by atoms with Gasteiger partial charge in [-0.1, -0.05) is 0 Å². The summed E-state index contributed by atoms with van der Waals surface area (Å²) in [5.41, 5.74) is 7.06. The van der Waals surface area contributed by atoms with Gasteiger partial charge in [-0.25, -0.2) is 0 Å². The van der Waals surface area contributed by atoms with Crippen LogP contribution in [-0.4, -0.2) is 10.2 Å². The molecule has 0 saturated carbocycles. The van der Waals surface area contributed by atoms with Crippen LogP contribution < -0.4 is 5.73 Å². The van der Waals surface area contributed by atoms with E-state index in [1.165, 1.54) is 0 Å². The zero-order valence-corrected chi connectivity index (χ0v) is 6.19. The molecule has 0 unspecified atom stereocenters. The Hall–Kier alpha value is -1.84. The van der Waals surface area contributed by atoms with Crippen molar-refractivity contribution < 1.29 is 4.42 Å². The first-order valence-electron chi connectivity index (χ1n) is 3.42. The lowest BCUT2D eigenvalue weighted by molar-refractivity contribution is 0.559. The second kappa shape index (κ2) is 2.65. The van der Waals surface area contributed by atoms with E-state index >= 15 is 0 Å². The Bertz CT molecular complexity index is 352. The van der Waals surface area contributed by atoms with Crippen molar-refractivity contribution in [2.24, 2.45) is 0 Å². The number of hydrogen-bond acceptors (Lipinski definition) is 4. The van der Waals surface area contributed by atoms with Crippen molar-refractivity contribution in [2.45, 2.75) is 0 Å². The topological polar surface area (TPSA) is 64.9 Å². The average Bonchev–Trinajstić information content (AvgIpc) is 2.58. The third kappa shape index (κ3) is 1.14. The van der Waals surface area contributed by atoms with Gasteiger partial charge < -0.3 is 10.2 Å². The maximum Gasteiger partial charge on any atom is 0.306 e. The molecule has 1 radical (unpaired) electrons. The average molecular weight is 160 g/mol. The van der Waals surface area contributed by atoms with Crippen molar-refractivity contribution in [1.29, 1.82) is 0 Å². The van der Waals surface area contributed by atoms with Gasteiger partial charge in [0.1, 0.15) is 0 Å². The third-order valence-corrected chi connectivity index (χ3v) is 1.48. The molecule has 0 bridgehead atoms. The Kier molecular flexibility index (Phi) is 1.51. The number of anilines is 1. The molecule has 2 rings (SSSR count). The van der Waals surface area contributed by atoms with Gasteiger partial charge in [0.2, 0.25) is 5.89 Å². The Morgan fingerprint density at radius 3 is 2.58 bits per heavy atom. The smallest absolute Gasteiger partial charge is 0.306 e. The molecule has 4 heteroatoms. The van der Waals surface area contributed by atoms with E-state index in [0.717, 1.165) is 5.56 Å². The first-order chi connectivity index (χ1) is 5.86. The van der Waals surface area contributed by atoms with Crippen molar-refractivity contribution in [3.05, 3.63) is 30.7 Å². The molecule has 0 aliphatic heterocycles. The van der Waals surface area contributed by atoms with Crippen LogP contribution in [0.5, 0.6) is 0 Å². The van der Waals surface area contributed by atoms with Gasteiger partial charge >= 0.3 is 6.39 Å². The largest absolute Gasteiger partial charge is 0.412 e. The molecule has 1 heterocycles. The summed E-state index contributed by atoms with van der Waals surface area (Å²) in [7, 11) is 0. The monoisotopic (exact) mass is 160 g/mol. The van der Waals surface area contributed by atoms with Crippen molar-refractivity contribution in [2.75, 3.05) is 5.73 Å². The van der Waals surface area contributed by atoms with E-state index in [2.05, 4.69) is 16.6 Å². The van der Waals surface area contributed by atoms with Crippen molar-refractivity contribution in [3.8, 4) is 11.5 Å². The van der Waals surface area contributed by atoms with Crippen LogP contribution in [0.3, 0.4) is 0 Å². The van der Waals surface area contributed by atoms with E-state index in [9.17, 15) is 0 Å². The molecule has 1 aromatic heterocycles. The molecular weight excluding hydrogens is 154 g/mol. The SMILES string of the molecule is Nc1ccc(-c2nn[c]o2)cc1. The first-order valence-corrected chi connectivity index (χ1v) is 3.42. The zero-order valence-electron chi connectivity index (χ0n) is 6.19. The molecule has 0 aliphatic rings. The second-order valence-electron chi connectivity index (χ2n) is 2.32. The lowest BCUT2D eigenvalue weighted by Gasteiger charge is -1.93. The number of nitrogens with zero attached hydrogens (tertiary/aromatic N) is 2. The number of aromatic nitrogens is 2. The summed E-state index contributed by atoms with van der Waals surface area (Å²) in [4.78, 5) is 0. The van der Waals surface area contributed by atoms with E-state index in [-0.39, 0.29) is 0 Å². The van der Waals surface area contributed by atoms with Crippen molar-refractivity contribution in [3.63, 3.8) is 0 Å². The number of rotatable bonds is 1. The first kappa shape index (κ1) is 6.84. The van der Waals surface area contributed by atoms with Gasteiger partial charge in [0.25, 0.3) is 0 Å². The van der Waals surface area contributed by atoms with Crippen molar-refractivity contribution in [1.82, 2.24) is 10.2 Å². The number of nitrogen functional groups attached to an aromatic ring is 1. The fraction of sp³-hybridized carbons (Fsp3) is 0. The predicted molar refractivity (Wildman–Crippen MR) is 43.0 cm³/mol. The van der Waals surface area contributed by atoms with Gasteiger partial charge in [0.05, 0.1) is 0 Å². The molecule has 2 aromatic rings. The second-order valence-corrected chi connectivity index (χ2v) is 2.32. The molecule has 0 aliphatic carbocycles. The van der Waals surface area contributed by atoms with Crippen LogP contribution in [0, 0.1) is 6.39 Å². The van der Waals surface area contributed by atoms with Crippen LogP contribution in [0.4, 0.5) is 5.69 Å². The highest BCUT2D eigenvalue weighted by Crippen LogP contribution is 2.16. The van der Waals surface area contributed by atoms with Crippen LogP contribution >= 0.6 is 0 Å². The molecule has 0 amide bonds. The van der Waals surface area contributed by atoms with Gasteiger partial charge in [-0.3, -0.25) is 0 Å². The van der Waals surface area contributed by atoms with Gasteiger partial charge in [-0.15, -0.1) is 10.2 Å². The Morgan fingerprint density at radius 1 is 1.25 bits per heavy atom. The highest BCUT2D eigenvalue weighted by atomic mass is 16.4. The molecule has 59 valence electrons. The zero-order chi connectivity index (χ0) is 8.39. The molecule has 0 atom stereocenters. The van der Waals surface area contributed by atoms with E-state index < -0.39 is 0 Å². The maximum atomic E-state index is 5.51. The molecule has 12 heavy (non-hydrogen) atoms. The fourth-order valence-electron chi connectivity index (χ4n) is 0.892. The lowest BCUT2D eigenvalue weighted by Crippen LogP contribution is -1.83. The minimum atomic E-state index is 0.454. The predicted octanol–water partition coefficient (Wildman–Crippen LogP) is 1.12. The Morgan fingerprint density at radius 2 is 2.00 bits per heavy atom. The van der Waals surface area contributed by atoms with E-state index in [4.69, 9.17) is 10.2 Å². The molecular formula is C8H6N3O. The van der Waals surface area contributed by atoms with E-state index in [1.54, 1.807) is 12.1 Å². The third-order valence-electron chi connectivity index (χ3n) is 1.48. The minimum absolute atomic E-state index is 0.454. The number of benzene rings is 1. The minimum Gasteiger partial charge on any atom is -0.412 e. The summed E-state index contributed by atoms with van der Waals surface area (Å²) < 4.78 is 4.87. The van der Waals surface area contributed by atoms with Crippen LogP contribution in [0.2, 0.25) is 0 Å². The van der Waals surface area contributed by atoms with Gasteiger partial charge in [0.15, 0.2) is 0 Å². The fourth-order valence-corrected chi connectivity index (χ4v) is 0.892. The maximum absolute atomic E-state index is 5.51. The summed E-state index contributed by atoms with van der Waals surface area (Å²) in [6.07, 6.45) is 2.28. The molecule has 1 aromatic carbocycles. The van der Waals surface area contributed by atoms with Gasteiger partial charge in [0, 0.05) is 11.3 Å².